The molecule has 1 unspecified atom stereocenters. The molecule has 5 nitrogen and oxygen atoms in total. The van der Waals surface area contributed by atoms with Gasteiger partial charge in [0.05, 0.1) is 12.6 Å². The predicted octanol–water partition coefficient (Wildman–Crippen LogP) is 3.91. The van der Waals surface area contributed by atoms with Crippen LogP contribution in [-0.4, -0.2) is 42.6 Å². The summed E-state index contributed by atoms with van der Waals surface area (Å²) >= 11 is 0. The summed E-state index contributed by atoms with van der Waals surface area (Å²) in [5, 5.41) is 3.07. The number of carbonyl (C=O) groups excluding carboxylic acids is 1. The third kappa shape index (κ3) is 4.81. The van der Waals surface area contributed by atoms with Crippen LogP contribution in [0.2, 0.25) is 0 Å². The van der Waals surface area contributed by atoms with Crippen molar-refractivity contribution < 1.29 is 9.53 Å². The Labute approximate surface area is 166 Å². The molecule has 1 aromatic heterocycles. The van der Waals surface area contributed by atoms with Gasteiger partial charge in [-0.15, -0.1) is 0 Å². The molecule has 0 aliphatic heterocycles. The van der Waals surface area contributed by atoms with E-state index in [0.717, 1.165) is 17.0 Å². The molecule has 146 valence electrons. The van der Waals surface area contributed by atoms with Crippen LogP contribution in [0.5, 0.6) is 5.75 Å². The second-order valence-electron chi connectivity index (χ2n) is 6.83. The summed E-state index contributed by atoms with van der Waals surface area (Å²) in [6.45, 7) is 3.14. The lowest BCUT2D eigenvalue weighted by atomic mass is 10.1. The second-order valence-corrected chi connectivity index (χ2v) is 6.83. The van der Waals surface area contributed by atoms with Crippen LogP contribution >= 0.6 is 0 Å². The maximum atomic E-state index is 12.7. The molecule has 0 aliphatic rings. The van der Waals surface area contributed by atoms with E-state index in [1.54, 1.807) is 0 Å². The number of likely N-dealkylation sites (N-methyl/N-ethyl adjacent to an activating group) is 1. The standard InChI is InChI=1S/C23H27N3O2/c1-4-28-21-12-10-18(11-13-21)22(25(2)3)17-24-23(27)19-8-7-9-20(16-19)26-14-5-6-15-26/h5-16,22H,4,17H2,1-3H3,(H,24,27). The number of ether oxygens (including phenoxy) is 1. The molecule has 1 amide bonds. The first-order valence-electron chi connectivity index (χ1n) is 9.49. The van der Waals surface area contributed by atoms with E-state index in [0.29, 0.717) is 18.7 Å². The lowest BCUT2D eigenvalue weighted by molar-refractivity contribution is 0.0942. The molecular weight excluding hydrogens is 350 g/mol. The average molecular weight is 377 g/mol. The fourth-order valence-corrected chi connectivity index (χ4v) is 3.16. The number of carbonyl (C=O) groups is 1. The van der Waals surface area contributed by atoms with Gasteiger partial charge in [0, 0.05) is 30.2 Å². The lowest BCUT2D eigenvalue weighted by Gasteiger charge is -2.25. The topological polar surface area (TPSA) is 46.5 Å². The number of nitrogens with zero attached hydrogens (tertiary/aromatic N) is 2. The van der Waals surface area contributed by atoms with Crippen molar-refractivity contribution in [2.75, 3.05) is 27.2 Å². The van der Waals surface area contributed by atoms with E-state index in [-0.39, 0.29) is 11.9 Å². The third-order valence-electron chi connectivity index (χ3n) is 4.67. The Morgan fingerprint density at radius 3 is 2.43 bits per heavy atom. The Hall–Kier alpha value is -3.05. The zero-order valence-electron chi connectivity index (χ0n) is 16.6. The van der Waals surface area contributed by atoms with Crippen molar-refractivity contribution in [3.05, 3.63) is 84.2 Å². The first kappa shape index (κ1) is 19.7. The van der Waals surface area contributed by atoms with Gasteiger partial charge in [0.15, 0.2) is 0 Å². The van der Waals surface area contributed by atoms with Gasteiger partial charge >= 0.3 is 0 Å². The smallest absolute Gasteiger partial charge is 0.251 e. The van der Waals surface area contributed by atoms with Gasteiger partial charge in [0.1, 0.15) is 5.75 Å². The normalized spacial score (nSPS) is 12.0. The van der Waals surface area contributed by atoms with Gasteiger partial charge in [-0.05, 0) is 69.0 Å². The van der Waals surface area contributed by atoms with Crippen LogP contribution < -0.4 is 10.1 Å². The highest BCUT2D eigenvalue weighted by Crippen LogP contribution is 2.21. The predicted molar refractivity (Wildman–Crippen MR) is 112 cm³/mol. The lowest BCUT2D eigenvalue weighted by Crippen LogP contribution is -2.34. The number of hydrogen-bond donors (Lipinski definition) is 1. The molecule has 5 heteroatoms. The van der Waals surface area contributed by atoms with Crippen LogP contribution in [0.25, 0.3) is 5.69 Å². The molecule has 3 rings (SSSR count). The zero-order valence-corrected chi connectivity index (χ0v) is 16.6. The summed E-state index contributed by atoms with van der Waals surface area (Å²) in [6, 6.07) is 19.7. The molecule has 3 aromatic rings. The summed E-state index contributed by atoms with van der Waals surface area (Å²) in [7, 11) is 4.03. The summed E-state index contributed by atoms with van der Waals surface area (Å²) < 4.78 is 7.50. The Morgan fingerprint density at radius 1 is 1.07 bits per heavy atom. The maximum Gasteiger partial charge on any atom is 0.251 e. The quantitative estimate of drug-likeness (QED) is 0.647. The van der Waals surface area contributed by atoms with E-state index in [1.807, 2.05) is 86.5 Å². The maximum absolute atomic E-state index is 12.7. The van der Waals surface area contributed by atoms with E-state index in [9.17, 15) is 4.79 Å². The van der Waals surface area contributed by atoms with Crippen molar-refractivity contribution in [3.8, 4) is 11.4 Å². The minimum Gasteiger partial charge on any atom is -0.494 e. The van der Waals surface area contributed by atoms with E-state index in [2.05, 4.69) is 22.3 Å². The number of rotatable bonds is 8. The molecule has 0 saturated carbocycles. The van der Waals surface area contributed by atoms with E-state index < -0.39 is 0 Å². The number of aromatic nitrogens is 1. The van der Waals surface area contributed by atoms with Crippen LogP contribution in [0.15, 0.2) is 73.1 Å². The van der Waals surface area contributed by atoms with Gasteiger partial charge < -0.3 is 19.5 Å². The second kappa shape index (κ2) is 9.24. The molecule has 0 bridgehead atoms. The molecule has 1 heterocycles. The molecule has 0 saturated heterocycles. The summed E-state index contributed by atoms with van der Waals surface area (Å²) in [5.41, 5.74) is 2.75. The van der Waals surface area contributed by atoms with Crippen molar-refractivity contribution in [1.82, 2.24) is 14.8 Å². The molecule has 0 spiro atoms. The van der Waals surface area contributed by atoms with Gasteiger partial charge in [0.25, 0.3) is 5.91 Å². The fourth-order valence-electron chi connectivity index (χ4n) is 3.16. The number of nitrogens with one attached hydrogen (secondary N) is 1. The van der Waals surface area contributed by atoms with Crippen LogP contribution in [0, 0.1) is 0 Å². The highest BCUT2D eigenvalue weighted by atomic mass is 16.5. The van der Waals surface area contributed by atoms with Crippen LogP contribution in [0.4, 0.5) is 0 Å². The van der Waals surface area contributed by atoms with E-state index >= 15 is 0 Å². The highest BCUT2D eigenvalue weighted by Gasteiger charge is 2.16. The minimum atomic E-state index is -0.0770. The van der Waals surface area contributed by atoms with Crippen molar-refractivity contribution in [3.63, 3.8) is 0 Å². The van der Waals surface area contributed by atoms with Crippen molar-refractivity contribution in [2.24, 2.45) is 0 Å². The highest BCUT2D eigenvalue weighted by molar-refractivity contribution is 5.94. The van der Waals surface area contributed by atoms with Crippen LogP contribution in [0.1, 0.15) is 28.9 Å². The molecular formula is C23H27N3O2. The molecule has 1 atom stereocenters. The monoisotopic (exact) mass is 377 g/mol. The molecule has 28 heavy (non-hydrogen) atoms. The van der Waals surface area contributed by atoms with Crippen LogP contribution in [-0.2, 0) is 0 Å². The van der Waals surface area contributed by atoms with Gasteiger partial charge in [-0.3, -0.25) is 4.79 Å². The Balaban J connectivity index is 1.68. The Bertz CT molecular complexity index is 886. The number of benzene rings is 2. The first-order valence-corrected chi connectivity index (χ1v) is 9.49. The van der Waals surface area contributed by atoms with Crippen molar-refractivity contribution in [1.29, 1.82) is 0 Å². The largest absolute Gasteiger partial charge is 0.494 e. The average Bonchev–Trinajstić information content (AvgIpc) is 3.24. The van der Waals surface area contributed by atoms with E-state index in [4.69, 9.17) is 4.74 Å². The zero-order chi connectivity index (χ0) is 19.9. The fraction of sp³-hybridized carbons (Fsp3) is 0.261. The summed E-state index contributed by atoms with van der Waals surface area (Å²) in [5.74, 6) is 0.779. The first-order chi connectivity index (χ1) is 13.6. The van der Waals surface area contributed by atoms with Gasteiger partial charge in [0.2, 0.25) is 0 Å². The molecule has 0 aliphatic carbocycles. The Kier molecular flexibility index (Phi) is 6.50. The Morgan fingerprint density at radius 2 is 1.79 bits per heavy atom. The molecule has 1 N–H and O–H groups in total. The number of hydrogen-bond acceptors (Lipinski definition) is 3. The van der Waals surface area contributed by atoms with Gasteiger partial charge in [-0.25, -0.2) is 0 Å². The SMILES string of the molecule is CCOc1ccc(C(CNC(=O)c2cccc(-n3cccc3)c2)N(C)C)cc1. The summed E-state index contributed by atoms with van der Waals surface area (Å²) in [4.78, 5) is 14.8. The number of amides is 1. The van der Waals surface area contributed by atoms with E-state index in [1.165, 1.54) is 0 Å². The third-order valence-corrected chi connectivity index (χ3v) is 4.67. The molecule has 2 aromatic carbocycles. The molecule has 0 fully saturated rings. The van der Waals surface area contributed by atoms with Crippen molar-refractivity contribution in [2.45, 2.75) is 13.0 Å². The minimum absolute atomic E-state index is 0.0762. The van der Waals surface area contributed by atoms with Crippen molar-refractivity contribution >= 4 is 5.91 Å². The van der Waals surface area contributed by atoms with Gasteiger partial charge in [-0.2, -0.15) is 0 Å². The summed E-state index contributed by atoms with van der Waals surface area (Å²) in [6.07, 6.45) is 3.93. The molecule has 0 radical (unpaired) electrons. The van der Waals surface area contributed by atoms with Gasteiger partial charge in [-0.1, -0.05) is 18.2 Å². The van der Waals surface area contributed by atoms with Crippen LogP contribution in [0.3, 0.4) is 0 Å².